The van der Waals surface area contributed by atoms with E-state index in [0.29, 0.717) is 48.0 Å². The molecule has 0 aliphatic carbocycles. The number of amidine groups is 1. The zero-order valence-electron chi connectivity index (χ0n) is 14.7. The molecule has 9 heteroatoms. The highest BCUT2D eigenvalue weighted by Crippen LogP contribution is 2.31. The Morgan fingerprint density at radius 2 is 1.89 bits per heavy atom. The highest BCUT2D eigenvalue weighted by molar-refractivity contribution is 9.10. The molecule has 1 saturated heterocycles. The molecule has 28 heavy (non-hydrogen) atoms. The third-order valence-corrected chi connectivity index (χ3v) is 7.10. The summed E-state index contributed by atoms with van der Waals surface area (Å²) < 4.78 is 29.3. The van der Waals surface area contributed by atoms with E-state index in [-0.39, 0.29) is 16.7 Å². The van der Waals surface area contributed by atoms with E-state index in [1.807, 2.05) is 11.0 Å². The number of anilines is 1. The number of amides is 1. The van der Waals surface area contributed by atoms with E-state index in [1.165, 1.54) is 0 Å². The molecule has 4 rings (SSSR count). The van der Waals surface area contributed by atoms with Crippen molar-refractivity contribution < 1.29 is 13.2 Å². The second kappa shape index (κ2) is 7.50. The SMILES string of the molecule is O=C(Nc1ccc(Br)cc1Cl)C1CCN(C2=NS(=O)(=O)c3ccccc32)CC1. The minimum atomic E-state index is -3.63. The van der Waals surface area contributed by atoms with Crippen LogP contribution in [0.5, 0.6) is 0 Å². The lowest BCUT2D eigenvalue weighted by molar-refractivity contribution is -0.120. The number of hydrogen-bond acceptors (Lipinski definition) is 4. The number of likely N-dealkylation sites (tertiary alicyclic amines) is 1. The monoisotopic (exact) mass is 481 g/mol. The molecule has 1 fully saturated rings. The van der Waals surface area contributed by atoms with Crippen LogP contribution in [0.15, 0.2) is 56.2 Å². The summed E-state index contributed by atoms with van der Waals surface area (Å²) in [7, 11) is -3.63. The van der Waals surface area contributed by atoms with Crippen LogP contribution < -0.4 is 5.32 Å². The Morgan fingerprint density at radius 3 is 2.61 bits per heavy atom. The highest BCUT2D eigenvalue weighted by atomic mass is 79.9. The second-order valence-corrected chi connectivity index (χ2v) is 9.66. The number of sulfonamides is 1. The number of carbonyl (C=O) groups is 1. The lowest BCUT2D eigenvalue weighted by Gasteiger charge is -2.32. The zero-order valence-corrected chi connectivity index (χ0v) is 17.9. The van der Waals surface area contributed by atoms with Gasteiger partial charge in [0, 0.05) is 29.0 Å². The third-order valence-electron chi connectivity index (χ3n) is 4.97. The van der Waals surface area contributed by atoms with Gasteiger partial charge in [-0.2, -0.15) is 8.42 Å². The number of halogens is 2. The third kappa shape index (κ3) is 3.68. The summed E-state index contributed by atoms with van der Waals surface area (Å²) in [5.41, 5.74) is 1.21. The molecule has 0 bridgehead atoms. The van der Waals surface area contributed by atoms with Crippen molar-refractivity contribution in [2.24, 2.45) is 10.3 Å². The minimum Gasteiger partial charge on any atom is -0.355 e. The summed E-state index contributed by atoms with van der Waals surface area (Å²) >= 11 is 9.51. The Bertz CT molecular complexity index is 1080. The Labute approximate surface area is 176 Å². The summed E-state index contributed by atoms with van der Waals surface area (Å²) in [5, 5.41) is 3.36. The largest absolute Gasteiger partial charge is 0.355 e. The summed E-state index contributed by atoms with van der Waals surface area (Å²) in [6, 6.07) is 12.1. The number of piperidine rings is 1. The number of carbonyl (C=O) groups excluding carboxylic acids is 1. The van der Waals surface area contributed by atoms with Crippen LogP contribution in [0.25, 0.3) is 0 Å². The molecular weight excluding hydrogens is 466 g/mol. The van der Waals surface area contributed by atoms with Gasteiger partial charge in [0.25, 0.3) is 10.0 Å². The Balaban J connectivity index is 1.43. The maximum absolute atomic E-state index is 12.6. The van der Waals surface area contributed by atoms with Crippen LogP contribution in [0.1, 0.15) is 18.4 Å². The van der Waals surface area contributed by atoms with Crippen LogP contribution in [0, 0.1) is 5.92 Å². The van der Waals surface area contributed by atoms with Crippen molar-refractivity contribution in [2.45, 2.75) is 17.7 Å². The second-order valence-electron chi connectivity index (χ2n) is 6.76. The first-order valence-corrected chi connectivity index (χ1v) is 11.4. The van der Waals surface area contributed by atoms with Gasteiger partial charge in [-0.1, -0.05) is 39.7 Å². The van der Waals surface area contributed by atoms with Gasteiger partial charge in [-0.3, -0.25) is 4.79 Å². The summed E-state index contributed by atoms with van der Waals surface area (Å²) in [4.78, 5) is 14.8. The van der Waals surface area contributed by atoms with Gasteiger partial charge in [-0.25, -0.2) is 0 Å². The van der Waals surface area contributed by atoms with Gasteiger partial charge >= 0.3 is 0 Å². The standard InChI is InChI=1S/C19H17BrClN3O3S/c20-13-5-6-16(15(21)11-13)22-19(25)12-7-9-24(10-8-12)18-14-3-1-2-4-17(14)28(26,27)23-18/h1-6,11-12H,7-10H2,(H,22,25). The van der Waals surface area contributed by atoms with Crippen LogP contribution in [-0.4, -0.2) is 38.2 Å². The molecule has 1 N–H and O–H groups in total. The van der Waals surface area contributed by atoms with Gasteiger partial charge in [-0.15, -0.1) is 4.40 Å². The quantitative estimate of drug-likeness (QED) is 0.704. The molecule has 0 unspecified atom stereocenters. The average Bonchev–Trinajstić information content (AvgIpc) is 2.96. The van der Waals surface area contributed by atoms with Crippen molar-refractivity contribution in [3.8, 4) is 0 Å². The van der Waals surface area contributed by atoms with Gasteiger partial charge in [0.05, 0.1) is 10.7 Å². The fraction of sp³-hybridized carbons (Fsp3) is 0.263. The van der Waals surface area contributed by atoms with Crippen molar-refractivity contribution in [3.63, 3.8) is 0 Å². The molecule has 1 amide bonds. The summed E-state index contributed by atoms with van der Waals surface area (Å²) in [6.07, 6.45) is 1.22. The van der Waals surface area contributed by atoms with E-state index < -0.39 is 10.0 Å². The van der Waals surface area contributed by atoms with Crippen molar-refractivity contribution in [2.75, 3.05) is 18.4 Å². The van der Waals surface area contributed by atoms with Crippen LogP contribution >= 0.6 is 27.5 Å². The molecule has 0 aromatic heterocycles. The molecule has 2 aromatic rings. The Hall–Kier alpha value is -1.90. The van der Waals surface area contributed by atoms with E-state index in [0.717, 1.165) is 4.47 Å². The lowest BCUT2D eigenvalue weighted by Crippen LogP contribution is -2.41. The van der Waals surface area contributed by atoms with Crippen LogP contribution in [0.4, 0.5) is 5.69 Å². The molecule has 0 atom stereocenters. The molecule has 146 valence electrons. The lowest BCUT2D eigenvalue weighted by atomic mass is 9.95. The number of benzene rings is 2. The summed E-state index contributed by atoms with van der Waals surface area (Å²) in [6.45, 7) is 1.13. The molecular formula is C19H17BrClN3O3S. The van der Waals surface area contributed by atoms with Gasteiger partial charge in [-0.05, 0) is 43.2 Å². The van der Waals surface area contributed by atoms with E-state index in [4.69, 9.17) is 11.6 Å². The average molecular weight is 483 g/mol. The molecule has 6 nitrogen and oxygen atoms in total. The number of hydrogen-bond donors (Lipinski definition) is 1. The maximum atomic E-state index is 12.6. The van der Waals surface area contributed by atoms with Crippen LogP contribution in [0.3, 0.4) is 0 Å². The van der Waals surface area contributed by atoms with Crippen molar-refractivity contribution >= 4 is 55.0 Å². The predicted octanol–water partition coefficient (Wildman–Crippen LogP) is 3.90. The zero-order chi connectivity index (χ0) is 19.9. The van der Waals surface area contributed by atoms with E-state index >= 15 is 0 Å². The van der Waals surface area contributed by atoms with E-state index in [2.05, 4.69) is 25.6 Å². The fourth-order valence-electron chi connectivity index (χ4n) is 3.50. The smallest absolute Gasteiger partial charge is 0.285 e. The molecule has 2 aliphatic rings. The molecule has 2 aromatic carbocycles. The summed E-state index contributed by atoms with van der Waals surface area (Å²) in [5.74, 6) is 0.237. The fourth-order valence-corrected chi connectivity index (χ4v) is 5.44. The van der Waals surface area contributed by atoms with Gasteiger partial charge in [0.2, 0.25) is 5.91 Å². The molecule has 0 saturated carbocycles. The number of fused-ring (bicyclic) bond motifs is 1. The maximum Gasteiger partial charge on any atom is 0.285 e. The van der Waals surface area contributed by atoms with Gasteiger partial charge < -0.3 is 10.2 Å². The number of nitrogens with one attached hydrogen (secondary N) is 1. The highest BCUT2D eigenvalue weighted by Gasteiger charge is 2.34. The van der Waals surface area contributed by atoms with E-state index in [1.54, 1.807) is 36.4 Å². The first kappa shape index (κ1) is 19.4. The first-order valence-electron chi connectivity index (χ1n) is 8.80. The molecule has 0 spiro atoms. The van der Waals surface area contributed by atoms with Crippen molar-refractivity contribution in [1.82, 2.24) is 4.90 Å². The van der Waals surface area contributed by atoms with Gasteiger partial charge in [0.1, 0.15) is 4.90 Å². The van der Waals surface area contributed by atoms with Crippen molar-refractivity contribution in [3.05, 3.63) is 57.5 Å². The molecule has 0 radical (unpaired) electrons. The predicted molar refractivity (Wildman–Crippen MR) is 112 cm³/mol. The Kier molecular flexibility index (Phi) is 5.20. The van der Waals surface area contributed by atoms with E-state index in [9.17, 15) is 13.2 Å². The normalized spacial score (nSPS) is 18.5. The van der Waals surface area contributed by atoms with Crippen molar-refractivity contribution in [1.29, 1.82) is 0 Å². The van der Waals surface area contributed by atoms with Crippen LogP contribution in [0.2, 0.25) is 5.02 Å². The first-order chi connectivity index (χ1) is 13.3. The topological polar surface area (TPSA) is 78.8 Å². The Morgan fingerprint density at radius 1 is 1.18 bits per heavy atom. The number of rotatable bonds is 2. The minimum absolute atomic E-state index is 0.0785. The molecule has 2 heterocycles. The number of nitrogens with zero attached hydrogens (tertiary/aromatic N) is 2. The van der Waals surface area contributed by atoms with Crippen LogP contribution in [-0.2, 0) is 14.8 Å². The molecule has 2 aliphatic heterocycles. The van der Waals surface area contributed by atoms with Gasteiger partial charge in [0.15, 0.2) is 5.84 Å².